The number of nitrogens with zero attached hydrogens (tertiary/aromatic N) is 1. The van der Waals surface area contributed by atoms with Crippen LogP contribution >= 0.6 is 11.3 Å². The number of aromatic nitrogens is 1. The maximum atomic E-state index is 5.57. The van der Waals surface area contributed by atoms with Gasteiger partial charge in [0.05, 0.1) is 31.6 Å². The van der Waals surface area contributed by atoms with Crippen LogP contribution in [0.4, 0.5) is 0 Å². The number of rotatable bonds is 4. The van der Waals surface area contributed by atoms with Crippen molar-refractivity contribution in [2.45, 2.75) is 38.8 Å². The zero-order valence-electron chi connectivity index (χ0n) is 11.4. The fraction of sp³-hybridized carbons (Fsp3) is 0.769. The van der Waals surface area contributed by atoms with Crippen molar-refractivity contribution in [3.63, 3.8) is 0 Å². The SMILES string of the molecule is CC(C)(C)c1csc(CNCC2COCCO2)n1. The molecule has 2 heterocycles. The lowest BCUT2D eigenvalue weighted by molar-refractivity contribution is -0.0864. The first-order chi connectivity index (χ1) is 8.55. The molecule has 0 amide bonds. The molecule has 0 radical (unpaired) electrons. The molecule has 0 bridgehead atoms. The molecule has 0 spiro atoms. The van der Waals surface area contributed by atoms with Gasteiger partial charge in [-0.25, -0.2) is 4.98 Å². The highest BCUT2D eigenvalue weighted by Gasteiger charge is 2.18. The molecule has 0 aromatic carbocycles. The fourth-order valence-corrected chi connectivity index (χ4v) is 2.72. The summed E-state index contributed by atoms with van der Waals surface area (Å²) in [7, 11) is 0. The lowest BCUT2D eigenvalue weighted by Crippen LogP contribution is -2.37. The highest BCUT2D eigenvalue weighted by Crippen LogP contribution is 2.23. The molecule has 1 atom stereocenters. The van der Waals surface area contributed by atoms with E-state index in [4.69, 9.17) is 9.47 Å². The Bertz CT molecular complexity index is 367. The van der Waals surface area contributed by atoms with Gasteiger partial charge in [-0.05, 0) is 0 Å². The Morgan fingerprint density at radius 1 is 1.44 bits per heavy atom. The number of thiazole rings is 1. The molecular weight excluding hydrogens is 248 g/mol. The van der Waals surface area contributed by atoms with Crippen LogP contribution < -0.4 is 5.32 Å². The van der Waals surface area contributed by atoms with Crippen LogP contribution in [0.1, 0.15) is 31.5 Å². The molecule has 102 valence electrons. The van der Waals surface area contributed by atoms with Crippen molar-refractivity contribution < 1.29 is 9.47 Å². The van der Waals surface area contributed by atoms with Crippen molar-refractivity contribution >= 4 is 11.3 Å². The predicted octanol–water partition coefficient (Wildman–Crippen LogP) is 1.95. The van der Waals surface area contributed by atoms with Crippen LogP contribution in [0.15, 0.2) is 5.38 Å². The Labute approximate surface area is 113 Å². The molecule has 0 aliphatic carbocycles. The Morgan fingerprint density at radius 2 is 2.28 bits per heavy atom. The molecule has 18 heavy (non-hydrogen) atoms. The minimum absolute atomic E-state index is 0.134. The highest BCUT2D eigenvalue weighted by atomic mass is 32.1. The van der Waals surface area contributed by atoms with E-state index < -0.39 is 0 Å². The summed E-state index contributed by atoms with van der Waals surface area (Å²) < 4.78 is 10.9. The van der Waals surface area contributed by atoms with E-state index in [1.807, 2.05) is 0 Å². The van der Waals surface area contributed by atoms with Crippen LogP contribution in [0.3, 0.4) is 0 Å². The molecule has 1 unspecified atom stereocenters. The molecule has 1 aromatic rings. The molecule has 1 aliphatic rings. The number of ether oxygens (including phenoxy) is 2. The van der Waals surface area contributed by atoms with E-state index in [0.717, 1.165) is 24.7 Å². The summed E-state index contributed by atoms with van der Waals surface area (Å²) >= 11 is 1.72. The van der Waals surface area contributed by atoms with Crippen LogP contribution in [-0.2, 0) is 21.4 Å². The van der Waals surface area contributed by atoms with Crippen LogP contribution in [0, 0.1) is 0 Å². The third-order valence-corrected chi connectivity index (χ3v) is 3.70. The summed E-state index contributed by atoms with van der Waals surface area (Å²) in [5.41, 5.74) is 1.30. The van der Waals surface area contributed by atoms with Gasteiger partial charge in [0.25, 0.3) is 0 Å². The lowest BCUT2D eigenvalue weighted by atomic mass is 9.93. The lowest BCUT2D eigenvalue weighted by Gasteiger charge is -2.22. The van der Waals surface area contributed by atoms with Gasteiger partial charge < -0.3 is 14.8 Å². The molecule has 1 N–H and O–H groups in total. The van der Waals surface area contributed by atoms with Crippen molar-refractivity contribution in [2.75, 3.05) is 26.4 Å². The molecule has 1 fully saturated rings. The zero-order valence-corrected chi connectivity index (χ0v) is 12.2. The standard InChI is InChI=1S/C13H22N2O2S/c1-13(2,3)11-9-18-12(15-11)7-14-6-10-8-16-4-5-17-10/h9-10,14H,4-8H2,1-3H3. The molecular formula is C13H22N2O2S. The Kier molecular flexibility index (Phi) is 4.72. The first-order valence-corrected chi connectivity index (χ1v) is 7.28. The van der Waals surface area contributed by atoms with E-state index >= 15 is 0 Å². The maximum absolute atomic E-state index is 5.57. The molecule has 0 saturated carbocycles. The largest absolute Gasteiger partial charge is 0.376 e. The van der Waals surface area contributed by atoms with Crippen LogP contribution in [0.25, 0.3) is 0 Å². The number of nitrogens with one attached hydrogen (secondary N) is 1. The summed E-state index contributed by atoms with van der Waals surface area (Å²) in [6, 6.07) is 0. The van der Waals surface area contributed by atoms with Crippen LogP contribution in [0.5, 0.6) is 0 Å². The minimum atomic E-state index is 0.134. The summed E-state index contributed by atoms with van der Waals surface area (Å²) in [5.74, 6) is 0. The van der Waals surface area contributed by atoms with Gasteiger partial charge in [-0.3, -0.25) is 0 Å². The second-order valence-corrected chi connectivity index (χ2v) is 6.52. The monoisotopic (exact) mass is 270 g/mol. The van der Waals surface area contributed by atoms with Gasteiger partial charge >= 0.3 is 0 Å². The van der Waals surface area contributed by atoms with Crippen LogP contribution in [0.2, 0.25) is 0 Å². The second-order valence-electron chi connectivity index (χ2n) is 5.58. The van der Waals surface area contributed by atoms with E-state index in [2.05, 4.69) is 36.5 Å². The highest BCUT2D eigenvalue weighted by molar-refractivity contribution is 7.09. The fourth-order valence-electron chi connectivity index (χ4n) is 1.73. The second kappa shape index (κ2) is 6.10. The molecule has 1 aliphatic heterocycles. The van der Waals surface area contributed by atoms with Gasteiger partial charge in [-0.2, -0.15) is 0 Å². The molecule has 1 saturated heterocycles. The smallest absolute Gasteiger partial charge is 0.107 e. The first kappa shape index (κ1) is 13.9. The Morgan fingerprint density at radius 3 is 2.89 bits per heavy atom. The Hall–Kier alpha value is -0.490. The molecule has 4 nitrogen and oxygen atoms in total. The normalized spacial score (nSPS) is 21.2. The molecule has 1 aromatic heterocycles. The Balaban J connectivity index is 1.74. The van der Waals surface area contributed by atoms with Gasteiger partial charge in [-0.1, -0.05) is 20.8 Å². The summed E-state index contributed by atoms with van der Waals surface area (Å²) in [6.45, 7) is 10.3. The van der Waals surface area contributed by atoms with Crippen molar-refractivity contribution in [3.05, 3.63) is 16.1 Å². The van der Waals surface area contributed by atoms with E-state index in [-0.39, 0.29) is 11.5 Å². The maximum Gasteiger partial charge on any atom is 0.107 e. The molecule has 5 heteroatoms. The van der Waals surface area contributed by atoms with Gasteiger partial charge in [-0.15, -0.1) is 11.3 Å². The van der Waals surface area contributed by atoms with Gasteiger partial charge in [0.15, 0.2) is 0 Å². The van der Waals surface area contributed by atoms with E-state index in [9.17, 15) is 0 Å². The van der Waals surface area contributed by atoms with Crippen molar-refractivity contribution in [2.24, 2.45) is 0 Å². The van der Waals surface area contributed by atoms with E-state index in [1.165, 1.54) is 5.69 Å². The van der Waals surface area contributed by atoms with Gasteiger partial charge in [0, 0.05) is 23.9 Å². The van der Waals surface area contributed by atoms with Gasteiger partial charge in [0.1, 0.15) is 5.01 Å². The quantitative estimate of drug-likeness (QED) is 0.908. The summed E-state index contributed by atoms with van der Waals surface area (Å²) in [5, 5.41) is 6.66. The third kappa shape index (κ3) is 4.02. The summed E-state index contributed by atoms with van der Waals surface area (Å²) in [6.07, 6.45) is 0.181. The van der Waals surface area contributed by atoms with Crippen molar-refractivity contribution in [1.29, 1.82) is 0 Å². The van der Waals surface area contributed by atoms with E-state index in [0.29, 0.717) is 13.2 Å². The topological polar surface area (TPSA) is 43.4 Å². The first-order valence-electron chi connectivity index (χ1n) is 6.40. The minimum Gasteiger partial charge on any atom is -0.376 e. The molecule has 2 rings (SSSR count). The van der Waals surface area contributed by atoms with E-state index in [1.54, 1.807) is 11.3 Å². The van der Waals surface area contributed by atoms with Gasteiger partial charge in [0.2, 0.25) is 0 Å². The number of hydrogen-bond acceptors (Lipinski definition) is 5. The number of hydrogen-bond donors (Lipinski definition) is 1. The average Bonchev–Trinajstić information content (AvgIpc) is 2.79. The van der Waals surface area contributed by atoms with Crippen molar-refractivity contribution in [1.82, 2.24) is 10.3 Å². The zero-order chi connectivity index (χ0) is 13.0. The summed E-state index contributed by atoms with van der Waals surface area (Å²) in [4.78, 5) is 4.65. The van der Waals surface area contributed by atoms with Crippen LogP contribution in [-0.4, -0.2) is 37.5 Å². The predicted molar refractivity (Wildman–Crippen MR) is 73.1 cm³/mol. The average molecular weight is 270 g/mol. The van der Waals surface area contributed by atoms with Crippen molar-refractivity contribution in [3.8, 4) is 0 Å². The third-order valence-electron chi connectivity index (χ3n) is 2.85.